The van der Waals surface area contributed by atoms with Gasteiger partial charge in [0.25, 0.3) is 0 Å². The van der Waals surface area contributed by atoms with Crippen LogP contribution >= 0.6 is 0 Å². The fourth-order valence-electron chi connectivity index (χ4n) is 1.60. The first-order chi connectivity index (χ1) is 5.97. The quantitative estimate of drug-likeness (QED) is 0.533. The molecule has 3 heteroatoms. The van der Waals surface area contributed by atoms with Gasteiger partial charge in [-0.1, -0.05) is 12.2 Å². The Bertz CT molecular complexity index is 265. The zero-order valence-corrected chi connectivity index (χ0v) is 8.28. The van der Waals surface area contributed by atoms with Gasteiger partial charge >= 0.3 is 6.09 Å². The highest BCUT2D eigenvalue weighted by atomic mass is 16.6. The Morgan fingerprint density at radius 2 is 2.15 bits per heavy atom. The number of rotatable bonds is 0. The molecule has 1 aliphatic heterocycles. The largest absolute Gasteiger partial charge is 0.444 e. The molecule has 0 aromatic rings. The maximum absolute atomic E-state index is 11.5. The predicted octanol–water partition coefficient (Wildman–Crippen LogP) is 1.79. The van der Waals surface area contributed by atoms with Crippen molar-refractivity contribution in [2.75, 3.05) is 6.54 Å². The van der Waals surface area contributed by atoms with Crippen LogP contribution in [0.2, 0.25) is 0 Å². The van der Waals surface area contributed by atoms with Crippen LogP contribution in [-0.4, -0.2) is 29.2 Å². The lowest BCUT2D eigenvalue weighted by molar-refractivity contribution is -0.0154. The summed E-state index contributed by atoms with van der Waals surface area (Å²) in [7, 11) is 0. The Kier molecular flexibility index (Phi) is 1.65. The van der Waals surface area contributed by atoms with Crippen molar-refractivity contribution >= 4 is 6.09 Å². The molecule has 72 valence electrons. The Morgan fingerprint density at radius 1 is 1.46 bits per heavy atom. The zero-order chi connectivity index (χ0) is 9.64. The third-order valence-corrected chi connectivity index (χ3v) is 2.39. The lowest BCUT2D eigenvalue weighted by atomic mass is 9.80. The minimum Gasteiger partial charge on any atom is -0.444 e. The third-order valence-electron chi connectivity index (χ3n) is 2.39. The molecule has 0 spiro atoms. The molecular formula is C10H15NO2. The van der Waals surface area contributed by atoms with E-state index >= 15 is 0 Å². The third kappa shape index (κ3) is 1.43. The Labute approximate surface area is 78.4 Å². The van der Waals surface area contributed by atoms with Gasteiger partial charge in [-0.25, -0.2) is 4.79 Å². The van der Waals surface area contributed by atoms with Crippen LogP contribution in [-0.2, 0) is 4.74 Å². The number of carbonyl (C=O) groups excluding carboxylic acids is 1. The van der Waals surface area contributed by atoms with E-state index in [0.717, 1.165) is 6.54 Å². The van der Waals surface area contributed by atoms with Crippen LogP contribution in [0.25, 0.3) is 0 Å². The first-order valence-corrected chi connectivity index (χ1v) is 4.65. The average Bonchev–Trinajstić information content (AvgIpc) is 1.91. The summed E-state index contributed by atoms with van der Waals surface area (Å²) in [6.07, 6.45) is 4.02. The van der Waals surface area contributed by atoms with Crippen LogP contribution < -0.4 is 0 Å². The van der Waals surface area contributed by atoms with E-state index in [1.807, 2.05) is 20.8 Å². The maximum atomic E-state index is 11.5. The molecule has 0 aromatic heterocycles. The average molecular weight is 181 g/mol. The number of carbonyl (C=O) groups is 1. The van der Waals surface area contributed by atoms with Gasteiger partial charge in [0, 0.05) is 12.5 Å². The molecule has 1 saturated heterocycles. The van der Waals surface area contributed by atoms with Crippen LogP contribution in [0.1, 0.15) is 20.8 Å². The van der Waals surface area contributed by atoms with Gasteiger partial charge in [-0.2, -0.15) is 0 Å². The van der Waals surface area contributed by atoms with Crippen molar-refractivity contribution in [1.82, 2.24) is 4.90 Å². The van der Waals surface area contributed by atoms with Gasteiger partial charge in [0.15, 0.2) is 0 Å². The number of ether oxygens (including phenoxy) is 1. The first-order valence-electron chi connectivity index (χ1n) is 4.65. The molecule has 3 nitrogen and oxygen atoms in total. The molecule has 1 aliphatic carbocycles. The zero-order valence-electron chi connectivity index (χ0n) is 8.28. The summed E-state index contributed by atoms with van der Waals surface area (Å²) in [5.41, 5.74) is -0.379. The van der Waals surface area contributed by atoms with Crippen molar-refractivity contribution in [1.29, 1.82) is 0 Å². The van der Waals surface area contributed by atoms with E-state index in [0.29, 0.717) is 12.0 Å². The molecular weight excluding hydrogens is 166 g/mol. The van der Waals surface area contributed by atoms with Gasteiger partial charge in [0.1, 0.15) is 5.60 Å². The summed E-state index contributed by atoms with van der Waals surface area (Å²) in [6, 6.07) is 0.329. The van der Waals surface area contributed by atoms with E-state index in [9.17, 15) is 4.79 Å². The summed E-state index contributed by atoms with van der Waals surface area (Å²) in [5.74, 6) is 0.604. The number of amides is 1. The number of hydrogen-bond donors (Lipinski definition) is 0. The molecule has 1 heterocycles. The Morgan fingerprint density at radius 3 is 2.46 bits per heavy atom. The molecule has 2 aliphatic rings. The normalized spacial score (nSPS) is 30.2. The van der Waals surface area contributed by atoms with Crippen LogP contribution in [0.5, 0.6) is 0 Å². The topological polar surface area (TPSA) is 29.5 Å². The highest BCUT2D eigenvalue weighted by molar-refractivity contribution is 5.71. The van der Waals surface area contributed by atoms with Crippen molar-refractivity contribution in [3.05, 3.63) is 12.2 Å². The van der Waals surface area contributed by atoms with E-state index in [2.05, 4.69) is 12.2 Å². The van der Waals surface area contributed by atoms with E-state index in [4.69, 9.17) is 4.74 Å². The second kappa shape index (κ2) is 2.50. The molecule has 2 atom stereocenters. The maximum Gasteiger partial charge on any atom is 0.410 e. The highest BCUT2D eigenvalue weighted by Crippen LogP contribution is 2.35. The minimum absolute atomic E-state index is 0.182. The van der Waals surface area contributed by atoms with Gasteiger partial charge in [-0.15, -0.1) is 0 Å². The van der Waals surface area contributed by atoms with E-state index < -0.39 is 0 Å². The molecule has 13 heavy (non-hydrogen) atoms. The van der Waals surface area contributed by atoms with Crippen LogP contribution in [0.4, 0.5) is 4.79 Å². The van der Waals surface area contributed by atoms with Gasteiger partial charge in [0.2, 0.25) is 0 Å². The van der Waals surface area contributed by atoms with Crippen molar-refractivity contribution in [3.63, 3.8) is 0 Å². The molecule has 2 rings (SSSR count). The fraction of sp³-hybridized carbons (Fsp3) is 0.700. The summed E-state index contributed by atoms with van der Waals surface area (Å²) in [4.78, 5) is 13.3. The Balaban J connectivity index is 1.89. The van der Waals surface area contributed by atoms with E-state index in [1.165, 1.54) is 0 Å². The number of fused-ring (bicyclic) bond motifs is 1. The van der Waals surface area contributed by atoms with Gasteiger partial charge in [0.05, 0.1) is 6.04 Å². The van der Waals surface area contributed by atoms with Gasteiger partial charge in [-0.05, 0) is 20.8 Å². The van der Waals surface area contributed by atoms with Crippen molar-refractivity contribution in [2.24, 2.45) is 5.92 Å². The molecule has 0 bridgehead atoms. The highest BCUT2D eigenvalue weighted by Gasteiger charge is 2.45. The van der Waals surface area contributed by atoms with E-state index in [-0.39, 0.29) is 11.7 Å². The fourth-order valence-corrected chi connectivity index (χ4v) is 1.60. The molecule has 1 unspecified atom stereocenters. The summed E-state index contributed by atoms with van der Waals surface area (Å²) < 4.78 is 5.25. The predicted molar refractivity (Wildman–Crippen MR) is 49.4 cm³/mol. The second-order valence-corrected chi connectivity index (χ2v) is 4.67. The number of hydrogen-bond acceptors (Lipinski definition) is 2. The molecule has 0 saturated carbocycles. The molecule has 0 aromatic carbocycles. The molecule has 0 N–H and O–H groups in total. The number of likely N-dealkylation sites (tertiary alicyclic amines) is 1. The van der Waals surface area contributed by atoms with E-state index in [1.54, 1.807) is 4.90 Å². The van der Waals surface area contributed by atoms with Crippen molar-refractivity contribution in [3.8, 4) is 0 Å². The van der Waals surface area contributed by atoms with Crippen LogP contribution in [0.15, 0.2) is 12.2 Å². The van der Waals surface area contributed by atoms with Crippen LogP contribution in [0, 0.1) is 5.92 Å². The molecule has 1 fully saturated rings. The van der Waals surface area contributed by atoms with Crippen molar-refractivity contribution < 1.29 is 9.53 Å². The first kappa shape index (κ1) is 8.60. The summed E-state index contributed by atoms with van der Waals surface area (Å²) in [5, 5.41) is 0. The van der Waals surface area contributed by atoms with Gasteiger partial charge in [-0.3, -0.25) is 0 Å². The lowest BCUT2D eigenvalue weighted by Gasteiger charge is -2.50. The molecule has 1 amide bonds. The monoisotopic (exact) mass is 181 g/mol. The van der Waals surface area contributed by atoms with Crippen molar-refractivity contribution in [2.45, 2.75) is 32.4 Å². The number of nitrogens with zero attached hydrogens (tertiary/aromatic N) is 1. The smallest absolute Gasteiger partial charge is 0.410 e. The summed E-state index contributed by atoms with van der Waals surface area (Å²) in [6.45, 7) is 6.49. The SMILES string of the molecule is CC(C)(C)OC(=O)N1CC2C=C[C@@H]21. The lowest BCUT2D eigenvalue weighted by Crippen LogP contribution is -2.61. The molecule has 0 radical (unpaired) electrons. The second-order valence-electron chi connectivity index (χ2n) is 4.67. The Hall–Kier alpha value is -0.990. The van der Waals surface area contributed by atoms with Crippen LogP contribution in [0.3, 0.4) is 0 Å². The van der Waals surface area contributed by atoms with Gasteiger partial charge < -0.3 is 9.64 Å². The minimum atomic E-state index is -0.379. The summed E-state index contributed by atoms with van der Waals surface area (Å²) >= 11 is 0. The standard InChI is InChI=1S/C10H15NO2/c1-10(2,3)13-9(12)11-6-7-4-5-8(7)11/h4-5,7-8H,6H2,1-3H3/t7?,8-/m0/s1.